The molecule has 13 heavy (non-hydrogen) atoms. The molecule has 3 heteroatoms. The summed E-state index contributed by atoms with van der Waals surface area (Å²) < 4.78 is 5.50. The van der Waals surface area contributed by atoms with Crippen LogP contribution in [-0.4, -0.2) is 43.8 Å². The predicted octanol–water partition coefficient (Wildman–Crippen LogP) is 0.446. The maximum atomic E-state index is 5.76. The molecule has 0 bridgehead atoms. The summed E-state index contributed by atoms with van der Waals surface area (Å²) in [5.74, 6) is 0. The highest BCUT2D eigenvalue weighted by Gasteiger charge is 2.42. The van der Waals surface area contributed by atoms with Crippen LogP contribution < -0.4 is 5.73 Å². The van der Waals surface area contributed by atoms with Gasteiger partial charge in [-0.15, -0.1) is 0 Å². The lowest BCUT2D eigenvalue weighted by atomic mass is 10.1. The zero-order valence-corrected chi connectivity index (χ0v) is 8.46. The number of hydrogen-bond donors (Lipinski definition) is 1. The van der Waals surface area contributed by atoms with E-state index < -0.39 is 0 Å². The maximum Gasteiger partial charge on any atom is 0.0674 e. The first-order valence-corrected chi connectivity index (χ1v) is 5.28. The molecule has 76 valence electrons. The van der Waals surface area contributed by atoms with Gasteiger partial charge in [-0.05, 0) is 31.7 Å². The van der Waals surface area contributed by atoms with Crippen molar-refractivity contribution in [2.24, 2.45) is 11.1 Å². The van der Waals surface area contributed by atoms with Crippen LogP contribution >= 0.6 is 0 Å². The summed E-state index contributed by atoms with van der Waals surface area (Å²) in [6, 6.07) is 0. The second kappa shape index (κ2) is 3.56. The number of nitrogens with zero attached hydrogens (tertiary/aromatic N) is 1. The normalized spacial score (nSPS) is 33.2. The van der Waals surface area contributed by atoms with Crippen molar-refractivity contribution in [3.05, 3.63) is 0 Å². The lowest BCUT2D eigenvalue weighted by Gasteiger charge is -2.33. The van der Waals surface area contributed by atoms with Crippen molar-refractivity contribution in [1.82, 2.24) is 4.90 Å². The van der Waals surface area contributed by atoms with Crippen LogP contribution in [-0.2, 0) is 4.74 Å². The molecule has 1 atom stereocenters. The van der Waals surface area contributed by atoms with Crippen LogP contribution in [0.5, 0.6) is 0 Å². The van der Waals surface area contributed by atoms with Gasteiger partial charge in [0.15, 0.2) is 0 Å². The van der Waals surface area contributed by atoms with Gasteiger partial charge in [0.2, 0.25) is 0 Å². The number of rotatable bonds is 3. The van der Waals surface area contributed by atoms with E-state index in [4.69, 9.17) is 10.5 Å². The molecule has 0 aromatic heterocycles. The second-order valence-corrected chi connectivity index (χ2v) is 4.62. The van der Waals surface area contributed by atoms with Gasteiger partial charge >= 0.3 is 0 Å². The van der Waals surface area contributed by atoms with E-state index in [2.05, 4.69) is 11.8 Å². The summed E-state index contributed by atoms with van der Waals surface area (Å²) in [7, 11) is 0. The summed E-state index contributed by atoms with van der Waals surface area (Å²) in [4.78, 5) is 2.51. The SMILES string of the molecule is CC1CN(CC2(CN)CC2)CCO1. The summed E-state index contributed by atoms with van der Waals surface area (Å²) >= 11 is 0. The highest BCUT2D eigenvalue weighted by Crippen LogP contribution is 2.45. The molecule has 0 aromatic rings. The summed E-state index contributed by atoms with van der Waals surface area (Å²) in [6.07, 6.45) is 3.06. The molecule has 1 unspecified atom stereocenters. The highest BCUT2D eigenvalue weighted by atomic mass is 16.5. The van der Waals surface area contributed by atoms with E-state index in [0.29, 0.717) is 11.5 Å². The third-order valence-electron chi connectivity index (χ3n) is 3.27. The summed E-state index contributed by atoms with van der Waals surface area (Å²) in [5.41, 5.74) is 6.25. The van der Waals surface area contributed by atoms with Crippen LogP contribution in [0.25, 0.3) is 0 Å². The van der Waals surface area contributed by atoms with Gasteiger partial charge in [-0.3, -0.25) is 4.90 Å². The van der Waals surface area contributed by atoms with Gasteiger partial charge in [0, 0.05) is 19.6 Å². The average Bonchev–Trinajstić information content (AvgIpc) is 2.86. The van der Waals surface area contributed by atoms with Crippen LogP contribution in [0, 0.1) is 5.41 Å². The Balaban J connectivity index is 1.80. The van der Waals surface area contributed by atoms with Crippen LogP contribution in [0.2, 0.25) is 0 Å². The molecule has 1 heterocycles. The molecular formula is C10H20N2O. The molecule has 2 N–H and O–H groups in total. The van der Waals surface area contributed by atoms with Crippen molar-refractivity contribution >= 4 is 0 Å². The highest BCUT2D eigenvalue weighted by molar-refractivity contribution is 4.96. The molecule has 1 aliphatic heterocycles. The molecule has 0 amide bonds. The maximum absolute atomic E-state index is 5.76. The van der Waals surface area contributed by atoms with Gasteiger partial charge in [0.05, 0.1) is 12.7 Å². The standard InChI is InChI=1S/C10H20N2O/c1-9-6-12(4-5-13-9)8-10(7-11)2-3-10/h9H,2-8,11H2,1H3. The van der Waals surface area contributed by atoms with Crippen LogP contribution in [0.4, 0.5) is 0 Å². The second-order valence-electron chi connectivity index (χ2n) is 4.62. The predicted molar refractivity (Wildman–Crippen MR) is 52.6 cm³/mol. The monoisotopic (exact) mass is 184 g/mol. The first-order chi connectivity index (χ1) is 6.24. The van der Waals surface area contributed by atoms with E-state index in [1.54, 1.807) is 0 Å². The van der Waals surface area contributed by atoms with Gasteiger partial charge in [-0.2, -0.15) is 0 Å². The minimum Gasteiger partial charge on any atom is -0.376 e. The molecule has 1 saturated carbocycles. The van der Waals surface area contributed by atoms with Gasteiger partial charge in [-0.1, -0.05) is 0 Å². The fourth-order valence-electron chi connectivity index (χ4n) is 2.11. The van der Waals surface area contributed by atoms with E-state index >= 15 is 0 Å². The third-order valence-corrected chi connectivity index (χ3v) is 3.27. The Kier molecular flexibility index (Phi) is 2.58. The molecule has 1 aliphatic carbocycles. The Morgan fingerprint density at radius 3 is 2.85 bits per heavy atom. The van der Waals surface area contributed by atoms with Crippen molar-refractivity contribution in [2.75, 3.05) is 32.8 Å². The first-order valence-electron chi connectivity index (χ1n) is 5.28. The largest absolute Gasteiger partial charge is 0.376 e. The molecule has 0 radical (unpaired) electrons. The van der Waals surface area contributed by atoms with E-state index in [1.165, 1.54) is 19.4 Å². The Morgan fingerprint density at radius 2 is 2.31 bits per heavy atom. The molecule has 2 fully saturated rings. The van der Waals surface area contributed by atoms with Crippen LogP contribution in [0.15, 0.2) is 0 Å². The number of hydrogen-bond acceptors (Lipinski definition) is 3. The van der Waals surface area contributed by atoms with Crippen LogP contribution in [0.1, 0.15) is 19.8 Å². The minimum atomic E-state index is 0.405. The Hall–Kier alpha value is -0.120. The summed E-state index contributed by atoms with van der Waals surface area (Å²) in [6.45, 7) is 7.26. The fourth-order valence-corrected chi connectivity index (χ4v) is 2.11. The van der Waals surface area contributed by atoms with Crippen molar-refractivity contribution in [2.45, 2.75) is 25.9 Å². The zero-order chi connectivity index (χ0) is 9.31. The number of morpholine rings is 1. The molecule has 2 rings (SSSR count). The number of nitrogens with two attached hydrogens (primary N) is 1. The van der Waals surface area contributed by atoms with Gasteiger partial charge in [0.1, 0.15) is 0 Å². The van der Waals surface area contributed by atoms with Crippen molar-refractivity contribution < 1.29 is 4.74 Å². The Labute approximate surface area is 80.2 Å². The molecule has 1 saturated heterocycles. The third kappa shape index (κ3) is 2.22. The Bertz CT molecular complexity index is 180. The minimum absolute atomic E-state index is 0.405. The first kappa shape index (κ1) is 9.44. The van der Waals surface area contributed by atoms with E-state index in [0.717, 1.165) is 26.2 Å². The smallest absolute Gasteiger partial charge is 0.0674 e. The van der Waals surface area contributed by atoms with Gasteiger partial charge in [-0.25, -0.2) is 0 Å². The number of ether oxygens (including phenoxy) is 1. The zero-order valence-electron chi connectivity index (χ0n) is 8.46. The molecule has 3 nitrogen and oxygen atoms in total. The molecule has 2 aliphatic rings. The van der Waals surface area contributed by atoms with Gasteiger partial charge in [0.25, 0.3) is 0 Å². The van der Waals surface area contributed by atoms with Crippen molar-refractivity contribution in [3.8, 4) is 0 Å². The van der Waals surface area contributed by atoms with Crippen molar-refractivity contribution in [3.63, 3.8) is 0 Å². The molecular weight excluding hydrogens is 164 g/mol. The van der Waals surface area contributed by atoms with E-state index in [9.17, 15) is 0 Å². The molecule has 0 spiro atoms. The van der Waals surface area contributed by atoms with E-state index in [1.807, 2.05) is 0 Å². The topological polar surface area (TPSA) is 38.5 Å². The van der Waals surface area contributed by atoms with Crippen molar-refractivity contribution in [1.29, 1.82) is 0 Å². The molecule has 0 aromatic carbocycles. The average molecular weight is 184 g/mol. The summed E-state index contributed by atoms with van der Waals surface area (Å²) in [5, 5.41) is 0. The quantitative estimate of drug-likeness (QED) is 0.692. The Morgan fingerprint density at radius 1 is 1.54 bits per heavy atom. The lowest BCUT2D eigenvalue weighted by Crippen LogP contribution is -2.44. The van der Waals surface area contributed by atoms with E-state index in [-0.39, 0.29) is 0 Å². The lowest BCUT2D eigenvalue weighted by molar-refractivity contribution is -0.0241. The fraction of sp³-hybridized carbons (Fsp3) is 1.00. The van der Waals surface area contributed by atoms with Crippen LogP contribution in [0.3, 0.4) is 0 Å². The van der Waals surface area contributed by atoms with Gasteiger partial charge < -0.3 is 10.5 Å².